The van der Waals surface area contributed by atoms with E-state index in [1.54, 1.807) is 24.3 Å². The molecule has 0 aliphatic rings. The number of nitrogens with one attached hydrogen (secondary N) is 1. The Morgan fingerprint density at radius 1 is 1.14 bits per heavy atom. The first-order valence-electron chi connectivity index (χ1n) is 6.66. The van der Waals surface area contributed by atoms with Crippen molar-refractivity contribution in [3.63, 3.8) is 0 Å². The van der Waals surface area contributed by atoms with Gasteiger partial charge in [0.2, 0.25) is 0 Å². The Hall–Kier alpha value is -0.780. The van der Waals surface area contributed by atoms with Gasteiger partial charge < -0.3 is 5.32 Å². The second-order valence-electron chi connectivity index (χ2n) is 4.73. The molecule has 1 atom stereocenters. The summed E-state index contributed by atoms with van der Waals surface area (Å²) in [5.74, 6) is -0.676. The molecule has 112 valence electrons. The van der Waals surface area contributed by atoms with Crippen LogP contribution in [-0.4, -0.2) is 6.54 Å². The minimum Gasteiger partial charge on any atom is -0.306 e. The van der Waals surface area contributed by atoms with Crippen LogP contribution in [-0.2, 0) is 0 Å². The van der Waals surface area contributed by atoms with Crippen molar-refractivity contribution in [2.75, 3.05) is 6.54 Å². The van der Waals surface area contributed by atoms with Gasteiger partial charge >= 0.3 is 0 Å². The van der Waals surface area contributed by atoms with Crippen LogP contribution in [0.4, 0.5) is 8.78 Å². The van der Waals surface area contributed by atoms with E-state index < -0.39 is 6.04 Å². The molecule has 0 saturated heterocycles. The first-order chi connectivity index (χ1) is 10.0. The highest BCUT2D eigenvalue weighted by molar-refractivity contribution is 9.10. The second-order valence-corrected chi connectivity index (χ2v) is 6.50. The fourth-order valence-corrected chi connectivity index (χ4v) is 3.05. The highest BCUT2D eigenvalue weighted by Gasteiger charge is 2.19. The van der Waals surface area contributed by atoms with Crippen LogP contribution in [0.3, 0.4) is 0 Å². The average molecular weight is 419 g/mol. The van der Waals surface area contributed by atoms with Crippen LogP contribution in [0, 0.1) is 11.6 Å². The number of hydrogen-bond acceptors (Lipinski definition) is 1. The summed E-state index contributed by atoms with van der Waals surface area (Å²) in [5, 5.41) is 3.28. The molecule has 21 heavy (non-hydrogen) atoms. The number of halogens is 4. The van der Waals surface area contributed by atoms with Crippen molar-refractivity contribution >= 4 is 31.9 Å². The lowest BCUT2D eigenvalue weighted by molar-refractivity contribution is 0.539. The van der Waals surface area contributed by atoms with Crippen molar-refractivity contribution in [1.82, 2.24) is 5.32 Å². The van der Waals surface area contributed by atoms with E-state index in [1.807, 2.05) is 6.92 Å². The number of rotatable bonds is 5. The lowest BCUT2D eigenvalue weighted by atomic mass is 9.98. The highest BCUT2D eigenvalue weighted by atomic mass is 79.9. The maximum atomic E-state index is 14.4. The van der Waals surface area contributed by atoms with Crippen LogP contribution >= 0.6 is 31.9 Å². The summed E-state index contributed by atoms with van der Waals surface area (Å²) in [5.41, 5.74) is 1.18. The van der Waals surface area contributed by atoms with E-state index in [0.717, 1.165) is 6.42 Å². The van der Waals surface area contributed by atoms with Crippen LogP contribution in [0.1, 0.15) is 30.5 Å². The van der Waals surface area contributed by atoms with E-state index >= 15 is 0 Å². The molecule has 0 radical (unpaired) electrons. The number of benzene rings is 2. The fraction of sp³-hybridized carbons (Fsp3) is 0.250. The van der Waals surface area contributed by atoms with Crippen LogP contribution in [0.15, 0.2) is 45.3 Å². The third-order valence-corrected chi connectivity index (χ3v) is 4.18. The van der Waals surface area contributed by atoms with Gasteiger partial charge in [-0.1, -0.05) is 35.0 Å². The fourth-order valence-electron chi connectivity index (χ4n) is 2.18. The van der Waals surface area contributed by atoms with E-state index in [9.17, 15) is 8.78 Å². The first-order valence-corrected chi connectivity index (χ1v) is 8.24. The second kappa shape index (κ2) is 7.47. The van der Waals surface area contributed by atoms with Gasteiger partial charge in [-0.15, -0.1) is 0 Å². The van der Waals surface area contributed by atoms with Crippen LogP contribution < -0.4 is 5.32 Å². The largest absolute Gasteiger partial charge is 0.306 e. The van der Waals surface area contributed by atoms with Crippen molar-refractivity contribution in [1.29, 1.82) is 0 Å². The van der Waals surface area contributed by atoms with E-state index in [-0.39, 0.29) is 11.6 Å². The third kappa shape index (κ3) is 4.11. The Balaban J connectivity index is 2.49. The standard InChI is InChI=1S/C16H15Br2F2N/c1-2-6-21-16(10-7-11(17)9-12(19)8-10)13-4-3-5-14(18)15(13)20/h3-5,7-9,16,21H,2,6H2,1H3. The molecule has 1 nitrogen and oxygen atoms in total. The zero-order valence-corrected chi connectivity index (χ0v) is 14.6. The smallest absolute Gasteiger partial charge is 0.142 e. The van der Waals surface area contributed by atoms with Gasteiger partial charge in [-0.2, -0.15) is 0 Å². The Labute approximate surface area is 140 Å². The normalized spacial score (nSPS) is 12.4. The van der Waals surface area contributed by atoms with E-state index in [0.29, 0.717) is 26.6 Å². The van der Waals surface area contributed by atoms with Crippen molar-refractivity contribution in [2.24, 2.45) is 0 Å². The third-order valence-electron chi connectivity index (χ3n) is 3.11. The molecule has 0 aromatic heterocycles. The average Bonchev–Trinajstić information content (AvgIpc) is 2.42. The Morgan fingerprint density at radius 2 is 1.90 bits per heavy atom. The van der Waals surface area contributed by atoms with E-state index in [1.165, 1.54) is 12.1 Å². The molecule has 0 saturated carbocycles. The molecular weight excluding hydrogens is 404 g/mol. The Morgan fingerprint density at radius 3 is 2.57 bits per heavy atom. The monoisotopic (exact) mass is 417 g/mol. The molecule has 0 heterocycles. The van der Waals surface area contributed by atoms with Crippen LogP contribution in [0.25, 0.3) is 0 Å². The molecule has 2 aromatic rings. The highest BCUT2D eigenvalue weighted by Crippen LogP contribution is 2.30. The molecule has 5 heteroatoms. The maximum Gasteiger partial charge on any atom is 0.142 e. The van der Waals surface area contributed by atoms with E-state index in [4.69, 9.17) is 0 Å². The summed E-state index contributed by atoms with van der Waals surface area (Å²) in [6, 6.07) is 9.36. The molecule has 2 aromatic carbocycles. The first kappa shape index (κ1) is 16.6. The van der Waals surface area contributed by atoms with Gasteiger partial charge in [0.15, 0.2) is 0 Å². The summed E-state index contributed by atoms with van der Waals surface area (Å²) in [7, 11) is 0. The molecule has 0 fully saturated rings. The van der Waals surface area contributed by atoms with Gasteiger partial charge in [0.1, 0.15) is 11.6 Å². The quantitative estimate of drug-likeness (QED) is 0.668. The number of hydrogen-bond donors (Lipinski definition) is 1. The minimum atomic E-state index is -0.394. The van der Waals surface area contributed by atoms with Crippen molar-refractivity contribution in [2.45, 2.75) is 19.4 Å². The predicted molar refractivity (Wildman–Crippen MR) is 88.3 cm³/mol. The van der Waals surface area contributed by atoms with Gasteiger partial charge in [0.25, 0.3) is 0 Å². The molecule has 1 N–H and O–H groups in total. The molecule has 1 unspecified atom stereocenters. The molecule has 0 bridgehead atoms. The van der Waals surface area contributed by atoms with Crippen molar-refractivity contribution in [3.05, 3.63) is 68.1 Å². The summed E-state index contributed by atoms with van der Waals surface area (Å²) in [6.07, 6.45) is 0.905. The van der Waals surface area contributed by atoms with Crippen LogP contribution in [0.5, 0.6) is 0 Å². The summed E-state index contributed by atoms with van der Waals surface area (Å²) in [6.45, 7) is 2.74. The van der Waals surface area contributed by atoms with Crippen molar-refractivity contribution in [3.8, 4) is 0 Å². The van der Waals surface area contributed by atoms with Gasteiger partial charge in [-0.05, 0) is 58.7 Å². The van der Waals surface area contributed by atoms with Gasteiger partial charge in [0.05, 0.1) is 10.5 Å². The van der Waals surface area contributed by atoms with E-state index in [2.05, 4.69) is 37.2 Å². The zero-order chi connectivity index (χ0) is 15.4. The SMILES string of the molecule is CCCNC(c1cc(F)cc(Br)c1)c1cccc(Br)c1F. The van der Waals surface area contributed by atoms with Crippen molar-refractivity contribution < 1.29 is 8.78 Å². The lowest BCUT2D eigenvalue weighted by Gasteiger charge is -2.21. The maximum absolute atomic E-state index is 14.4. The topological polar surface area (TPSA) is 12.0 Å². The molecule has 0 amide bonds. The molecule has 2 rings (SSSR count). The lowest BCUT2D eigenvalue weighted by Crippen LogP contribution is -2.24. The molecular formula is C16H15Br2F2N. The zero-order valence-electron chi connectivity index (χ0n) is 11.5. The molecule has 0 aliphatic carbocycles. The van der Waals surface area contributed by atoms with Gasteiger partial charge in [-0.3, -0.25) is 0 Å². The Kier molecular flexibility index (Phi) is 5.90. The minimum absolute atomic E-state index is 0.327. The molecule has 0 aliphatic heterocycles. The summed E-state index contributed by atoms with van der Waals surface area (Å²) < 4.78 is 29.1. The van der Waals surface area contributed by atoms with Crippen LogP contribution in [0.2, 0.25) is 0 Å². The predicted octanol–water partition coefficient (Wildman–Crippen LogP) is 5.58. The van der Waals surface area contributed by atoms with Gasteiger partial charge in [-0.25, -0.2) is 8.78 Å². The Bertz CT molecular complexity index is 611. The summed E-state index contributed by atoms with van der Waals surface area (Å²) >= 11 is 6.48. The molecule has 0 spiro atoms. The summed E-state index contributed by atoms with van der Waals surface area (Å²) in [4.78, 5) is 0. The van der Waals surface area contributed by atoms with Gasteiger partial charge in [0, 0.05) is 10.0 Å².